The zero-order valence-electron chi connectivity index (χ0n) is 5.46. The third-order valence-corrected chi connectivity index (χ3v) is 1.60. The summed E-state index contributed by atoms with van der Waals surface area (Å²) in [4.78, 5) is 0. The molecule has 1 rings (SSSR count). The number of ether oxygens (including phenoxy) is 1. The zero-order chi connectivity index (χ0) is 7.56. The number of rotatable bonds is 2. The fourth-order valence-electron chi connectivity index (χ4n) is 1.03. The van der Waals surface area contributed by atoms with Crippen LogP contribution in [0, 0.1) is 0 Å². The minimum atomic E-state index is -2.68. The van der Waals surface area contributed by atoms with E-state index < -0.39 is 18.6 Å². The van der Waals surface area contributed by atoms with E-state index in [1.807, 2.05) is 0 Å². The van der Waals surface area contributed by atoms with Crippen LogP contribution in [0.3, 0.4) is 0 Å². The Labute approximate surface area is 57.8 Å². The molecule has 1 heterocycles. The lowest BCUT2D eigenvalue weighted by Crippen LogP contribution is -2.31. The second kappa shape index (κ2) is 3.25. The van der Waals surface area contributed by atoms with Crippen LogP contribution in [-0.2, 0) is 4.74 Å². The number of hydrogen-bond donors (Lipinski definition) is 1. The fraction of sp³-hybridized carbons (Fsp3) is 1.00. The largest absolute Gasteiger partial charge is 0.384 e. The summed E-state index contributed by atoms with van der Waals surface area (Å²) >= 11 is 0. The Bertz CT molecular complexity index is 102. The van der Waals surface area contributed by atoms with Gasteiger partial charge in [-0.25, -0.2) is 8.78 Å². The molecule has 0 bridgehead atoms. The molecule has 2 nitrogen and oxygen atoms in total. The monoisotopic (exact) mass is 152 g/mol. The van der Waals surface area contributed by atoms with Gasteiger partial charge in [0.1, 0.15) is 6.10 Å². The van der Waals surface area contributed by atoms with Crippen LogP contribution in [0.5, 0.6) is 0 Å². The highest BCUT2D eigenvalue weighted by atomic mass is 19.3. The van der Waals surface area contributed by atoms with E-state index in [4.69, 9.17) is 9.84 Å². The molecule has 0 amide bonds. The molecule has 60 valence electrons. The van der Waals surface area contributed by atoms with Crippen molar-refractivity contribution in [3.05, 3.63) is 0 Å². The first-order chi connectivity index (χ1) is 4.72. The molecule has 0 spiro atoms. The van der Waals surface area contributed by atoms with Crippen LogP contribution in [0.2, 0.25) is 0 Å². The van der Waals surface area contributed by atoms with Gasteiger partial charge in [0.2, 0.25) is 0 Å². The van der Waals surface area contributed by atoms with E-state index in [9.17, 15) is 8.78 Å². The van der Waals surface area contributed by atoms with Gasteiger partial charge in [-0.2, -0.15) is 0 Å². The van der Waals surface area contributed by atoms with Gasteiger partial charge in [-0.05, 0) is 12.8 Å². The van der Waals surface area contributed by atoms with Crippen molar-refractivity contribution in [1.82, 2.24) is 0 Å². The Morgan fingerprint density at radius 1 is 1.50 bits per heavy atom. The minimum Gasteiger partial charge on any atom is -0.384 e. The predicted octanol–water partition coefficient (Wildman–Crippen LogP) is 0.791. The van der Waals surface area contributed by atoms with Gasteiger partial charge in [0.15, 0.2) is 0 Å². The highest BCUT2D eigenvalue weighted by Gasteiger charge is 2.30. The standard InChI is InChI=1S/C6H10F2O2/c7-6(8)5(9)4-2-1-3-10-4/h4-6,9H,1-3H2/t4-,5-/m1/s1. The molecule has 0 aliphatic carbocycles. The first-order valence-corrected chi connectivity index (χ1v) is 3.29. The molecule has 4 heteroatoms. The molecule has 10 heavy (non-hydrogen) atoms. The number of aliphatic hydroxyl groups is 1. The maximum Gasteiger partial charge on any atom is 0.266 e. The summed E-state index contributed by atoms with van der Waals surface area (Å²) in [7, 11) is 0. The van der Waals surface area contributed by atoms with Crippen molar-refractivity contribution in [2.75, 3.05) is 6.61 Å². The van der Waals surface area contributed by atoms with Gasteiger partial charge in [0.05, 0.1) is 6.10 Å². The van der Waals surface area contributed by atoms with Crippen molar-refractivity contribution >= 4 is 0 Å². The molecule has 1 aliphatic rings. The Kier molecular flexibility index (Phi) is 2.56. The van der Waals surface area contributed by atoms with Crippen LogP contribution < -0.4 is 0 Å². The Morgan fingerprint density at radius 2 is 2.20 bits per heavy atom. The summed E-state index contributed by atoms with van der Waals surface area (Å²) in [6, 6.07) is 0. The van der Waals surface area contributed by atoms with Gasteiger partial charge >= 0.3 is 0 Å². The van der Waals surface area contributed by atoms with Gasteiger partial charge in [0, 0.05) is 6.61 Å². The normalized spacial score (nSPS) is 29.4. The topological polar surface area (TPSA) is 29.5 Å². The quantitative estimate of drug-likeness (QED) is 0.634. The first kappa shape index (κ1) is 7.88. The van der Waals surface area contributed by atoms with E-state index in [1.54, 1.807) is 0 Å². The van der Waals surface area contributed by atoms with Crippen molar-refractivity contribution < 1.29 is 18.6 Å². The van der Waals surface area contributed by atoms with Crippen LogP contribution in [0.25, 0.3) is 0 Å². The summed E-state index contributed by atoms with van der Waals surface area (Å²) in [6.45, 7) is 0.494. The third-order valence-electron chi connectivity index (χ3n) is 1.60. The van der Waals surface area contributed by atoms with E-state index in [0.717, 1.165) is 6.42 Å². The van der Waals surface area contributed by atoms with Gasteiger partial charge in [0.25, 0.3) is 6.43 Å². The van der Waals surface area contributed by atoms with Crippen LogP contribution >= 0.6 is 0 Å². The van der Waals surface area contributed by atoms with E-state index >= 15 is 0 Å². The van der Waals surface area contributed by atoms with Crippen molar-refractivity contribution in [2.24, 2.45) is 0 Å². The highest BCUT2D eigenvalue weighted by Crippen LogP contribution is 2.19. The fourth-order valence-corrected chi connectivity index (χ4v) is 1.03. The second-order valence-electron chi connectivity index (χ2n) is 2.38. The minimum absolute atomic E-state index is 0.494. The van der Waals surface area contributed by atoms with Gasteiger partial charge in [-0.3, -0.25) is 0 Å². The van der Waals surface area contributed by atoms with Crippen LogP contribution in [0.15, 0.2) is 0 Å². The average molecular weight is 152 g/mol. The SMILES string of the molecule is O[C@@H](C(F)F)[C@H]1CCCO1. The summed E-state index contributed by atoms with van der Waals surface area (Å²) in [5.41, 5.74) is 0. The molecule has 1 N–H and O–H groups in total. The van der Waals surface area contributed by atoms with E-state index in [0.29, 0.717) is 13.0 Å². The van der Waals surface area contributed by atoms with Gasteiger partial charge in [-0.1, -0.05) is 0 Å². The summed E-state index contributed by atoms with van der Waals surface area (Å²) in [5, 5.41) is 8.75. The molecule has 0 unspecified atom stereocenters. The van der Waals surface area contributed by atoms with Gasteiger partial charge < -0.3 is 9.84 Å². The van der Waals surface area contributed by atoms with Crippen molar-refractivity contribution in [2.45, 2.75) is 31.5 Å². The molecule has 2 atom stereocenters. The molecule has 0 aromatic rings. The molecule has 1 aliphatic heterocycles. The zero-order valence-corrected chi connectivity index (χ0v) is 5.46. The maximum absolute atomic E-state index is 11.8. The lowest BCUT2D eigenvalue weighted by molar-refractivity contribution is -0.0827. The molecule has 0 radical (unpaired) electrons. The maximum atomic E-state index is 11.8. The number of halogens is 2. The van der Waals surface area contributed by atoms with Crippen LogP contribution in [0.1, 0.15) is 12.8 Å². The summed E-state index contributed by atoms with van der Waals surface area (Å²) < 4.78 is 28.3. The number of aliphatic hydroxyl groups excluding tert-OH is 1. The van der Waals surface area contributed by atoms with Crippen LogP contribution in [-0.4, -0.2) is 30.3 Å². The average Bonchev–Trinajstić information content (AvgIpc) is 2.36. The van der Waals surface area contributed by atoms with Crippen molar-refractivity contribution in [3.8, 4) is 0 Å². The molecular weight excluding hydrogens is 142 g/mol. The summed E-state index contributed by atoms with van der Waals surface area (Å²) in [5.74, 6) is 0. The van der Waals surface area contributed by atoms with E-state index in [2.05, 4.69) is 0 Å². The lowest BCUT2D eigenvalue weighted by Gasteiger charge is -2.15. The molecule has 1 fully saturated rings. The molecule has 0 saturated carbocycles. The number of alkyl halides is 2. The molecule has 1 saturated heterocycles. The second-order valence-corrected chi connectivity index (χ2v) is 2.38. The van der Waals surface area contributed by atoms with Crippen molar-refractivity contribution in [1.29, 1.82) is 0 Å². The van der Waals surface area contributed by atoms with E-state index in [1.165, 1.54) is 0 Å². The lowest BCUT2D eigenvalue weighted by atomic mass is 10.1. The highest BCUT2D eigenvalue weighted by molar-refractivity contribution is 4.74. The molecular formula is C6H10F2O2. The summed E-state index contributed by atoms with van der Waals surface area (Å²) in [6.07, 6.45) is -3.59. The number of hydrogen-bond acceptors (Lipinski definition) is 2. The van der Waals surface area contributed by atoms with Gasteiger partial charge in [-0.15, -0.1) is 0 Å². The Morgan fingerprint density at radius 3 is 2.60 bits per heavy atom. The van der Waals surface area contributed by atoms with Crippen molar-refractivity contribution in [3.63, 3.8) is 0 Å². The molecule has 0 aromatic carbocycles. The Balaban J connectivity index is 2.32. The van der Waals surface area contributed by atoms with Crippen LogP contribution in [0.4, 0.5) is 8.78 Å². The smallest absolute Gasteiger partial charge is 0.266 e. The van der Waals surface area contributed by atoms with E-state index in [-0.39, 0.29) is 0 Å². The third kappa shape index (κ3) is 1.64. The first-order valence-electron chi connectivity index (χ1n) is 3.29. The molecule has 0 aromatic heterocycles. The Hall–Kier alpha value is -0.220. The predicted molar refractivity (Wildman–Crippen MR) is 31.0 cm³/mol.